The van der Waals surface area contributed by atoms with Crippen LogP contribution in [-0.4, -0.2) is 10.4 Å². The summed E-state index contributed by atoms with van der Waals surface area (Å²) in [7, 11) is 0. The van der Waals surface area contributed by atoms with Gasteiger partial charge in [0.2, 0.25) is 0 Å². The third-order valence-electron chi connectivity index (χ3n) is 2.49. The van der Waals surface area contributed by atoms with Crippen molar-refractivity contribution in [3.63, 3.8) is 0 Å². The van der Waals surface area contributed by atoms with Crippen molar-refractivity contribution in [1.82, 2.24) is 0 Å². The minimum atomic E-state index is -0.842. The third kappa shape index (κ3) is 1.42. The zero-order chi connectivity index (χ0) is 10.3. The van der Waals surface area contributed by atoms with Crippen LogP contribution in [0.1, 0.15) is 24.2 Å². The molecule has 1 aliphatic heterocycles. The Hall–Kier alpha value is -0.610. The van der Waals surface area contributed by atoms with Crippen LogP contribution in [0.4, 0.5) is 8.78 Å². The number of fused-ring (bicyclic) bond motifs is 1. The van der Waals surface area contributed by atoms with Crippen LogP contribution < -0.4 is 0 Å². The summed E-state index contributed by atoms with van der Waals surface area (Å²) in [5.74, 6) is -1.23. The zero-order valence-electron chi connectivity index (χ0n) is 7.63. The lowest BCUT2D eigenvalue weighted by Gasteiger charge is -2.27. The summed E-state index contributed by atoms with van der Waals surface area (Å²) in [6, 6.07) is 2.54. The Balaban J connectivity index is 2.53. The Morgan fingerprint density at radius 2 is 2.14 bits per heavy atom. The molecule has 1 nitrogen and oxygen atoms in total. The normalized spacial score (nSPS) is 26.0. The number of benzene rings is 1. The van der Waals surface area contributed by atoms with Crippen LogP contribution in [0, 0.1) is 11.6 Å². The molecule has 2 unspecified atom stereocenters. The molecule has 0 aromatic heterocycles. The first-order valence-electron chi connectivity index (χ1n) is 4.37. The molecular weight excluding hydrogens is 206 g/mol. The molecule has 2 atom stereocenters. The second kappa shape index (κ2) is 3.51. The van der Waals surface area contributed by atoms with E-state index < -0.39 is 17.7 Å². The van der Waals surface area contributed by atoms with Gasteiger partial charge in [0.15, 0.2) is 11.6 Å². The molecule has 4 heteroatoms. The number of hydrogen-bond donors (Lipinski definition) is 1. The lowest BCUT2D eigenvalue weighted by molar-refractivity contribution is 0.176. The molecule has 0 radical (unpaired) electrons. The van der Waals surface area contributed by atoms with Gasteiger partial charge in [0.05, 0.1) is 6.10 Å². The van der Waals surface area contributed by atoms with E-state index in [1.54, 1.807) is 0 Å². The summed E-state index contributed by atoms with van der Waals surface area (Å²) < 4.78 is 26.1. The van der Waals surface area contributed by atoms with Crippen LogP contribution in [0.15, 0.2) is 12.1 Å². The van der Waals surface area contributed by atoms with Gasteiger partial charge in [0, 0.05) is 16.6 Å². The summed E-state index contributed by atoms with van der Waals surface area (Å²) in [4.78, 5) is 0. The van der Waals surface area contributed by atoms with Gasteiger partial charge in [0.25, 0.3) is 0 Å². The molecule has 2 rings (SSSR count). The highest BCUT2D eigenvalue weighted by atomic mass is 32.2. The summed E-state index contributed by atoms with van der Waals surface area (Å²) in [5, 5.41) is 9.77. The molecular formula is C10H10F2OS. The molecule has 1 aromatic carbocycles. The molecule has 1 aromatic rings. The number of halogens is 2. The van der Waals surface area contributed by atoms with Gasteiger partial charge in [-0.15, -0.1) is 0 Å². The van der Waals surface area contributed by atoms with Crippen molar-refractivity contribution in [2.45, 2.75) is 24.0 Å². The lowest BCUT2D eigenvalue weighted by atomic mass is 10.00. The van der Waals surface area contributed by atoms with Crippen molar-refractivity contribution in [3.8, 4) is 0 Å². The van der Waals surface area contributed by atoms with E-state index in [4.69, 9.17) is 0 Å². The van der Waals surface area contributed by atoms with Crippen molar-refractivity contribution in [3.05, 3.63) is 34.9 Å². The van der Waals surface area contributed by atoms with Crippen LogP contribution >= 0.6 is 11.8 Å². The number of hydrogen-bond acceptors (Lipinski definition) is 2. The standard InChI is InChI=1S/C10H10F2OS/c1-5-10(13)6-2-3-8(11)9(12)7(6)4-14-5/h2-3,5,10,13H,4H2,1H3. The monoisotopic (exact) mass is 216 g/mol. The predicted molar refractivity (Wildman–Crippen MR) is 52.1 cm³/mol. The van der Waals surface area contributed by atoms with Gasteiger partial charge >= 0.3 is 0 Å². The van der Waals surface area contributed by atoms with Gasteiger partial charge in [0.1, 0.15) is 0 Å². The van der Waals surface area contributed by atoms with Crippen molar-refractivity contribution in [1.29, 1.82) is 0 Å². The Morgan fingerprint density at radius 1 is 1.43 bits per heavy atom. The van der Waals surface area contributed by atoms with Crippen molar-refractivity contribution in [2.75, 3.05) is 0 Å². The van der Waals surface area contributed by atoms with Gasteiger partial charge in [-0.25, -0.2) is 8.78 Å². The SMILES string of the molecule is CC1SCc2c(ccc(F)c2F)C1O. The molecule has 0 saturated heterocycles. The fraction of sp³-hybridized carbons (Fsp3) is 0.400. The van der Waals surface area contributed by atoms with E-state index in [2.05, 4.69) is 0 Å². The smallest absolute Gasteiger partial charge is 0.163 e. The summed E-state index contributed by atoms with van der Waals surface area (Å²) >= 11 is 1.44. The molecule has 0 saturated carbocycles. The van der Waals surface area contributed by atoms with Crippen LogP contribution in [0.3, 0.4) is 0 Å². The quantitative estimate of drug-likeness (QED) is 0.719. The number of rotatable bonds is 0. The summed E-state index contributed by atoms with van der Waals surface area (Å²) in [6.07, 6.45) is -0.696. The van der Waals surface area contributed by atoms with Gasteiger partial charge < -0.3 is 5.11 Å². The Bertz CT molecular complexity index is 367. The minimum Gasteiger partial charge on any atom is -0.387 e. The molecule has 0 aliphatic carbocycles. The van der Waals surface area contributed by atoms with Crippen LogP contribution in [0.2, 0.25) is 0 Å². The van der Waals surface area contributed by atoms with E-state index in [0.717, 1.165) is 6.07 Å². The van der Waals surface area contributed by atoms with Gasteiger partial charge in [-0.1, -0.05) is 13.0 Å². The Morgan fingerprint density at radius 3 is 2.86 bits per heavy atom. The maximum atomic E-state index is 13.3. The molecule has 0 fully saturated rings. The van der Waals surface area contributed by atoms with E-state index in [1.807, 2.05) is 6.92 Å². The average Bonchev–Trinajstić information content (AvgIpc) is 2.17. The first-order chi connectivity index (χ1) is 6.61. The second-order valence-electron chi connectivity index (χ2n) is 3.39. The Labute approximate surface area is 85.1 Å². The third-order valence-corrected chi connectivity index (χ3v) is 3.73. The Kier molecular flexibility index (Phi) is 2.49. The first-order valence-corrected chi connectivity index (χ1v) is 5.42. The molecule has 0 spiro atoms. The van der Waals surface area contributed by atoms with Gasteiger partial charge in [-0.3, -0.25) is 0 Å². The maximum absolute atomic E-state index is 13.3. The van der Waals surface area contributed by atoms with E-state index in [-0.39, 0.29) is 5.25 Å². The van der Waals surface area contributed by atoms with Gasteiger partial charge in [-0.2, -0.15) is 11.8 Å². The highest BCUT2D eigenvalue weighted by Gasteiger charge is 2.28. The predicted octanol–water partition coefficient (Wildman–Crippen LogP) is 2.63. The second-order valence-corrected chi connectivity index (χ2v) is 4.76. The minimum absolute atomic E-state index is 0.0346. The highest BCUT2D eigenvalue weighted by Crippen LogP contribution is 2.38. The topological polar surface area (TPSA) is 20.2 Å². The van der Waals surface area contributed by atoms with Crippen molar-refractivity contribution in [2.24, 2.45) is 0 Å². The van der Waals surface area contributed by atoms with E-state index >= 15 is 0 Å². The van der Waals surface area contributed by atoms with E-state index in [1.165, 1.54) is 17.8 Å². The molecule has 0 amide bonds. The largest absolute Gasteiger partial charge is 0.387 e. The summed E-state index contributed by atoms with van der Waals surface area (Å²) in [5.41, 5.74) is 0.829. The van der Waals surface area contributed by atoms with Crippen LogP contribution in [0.5, 0.6) is 0 Å². The van der Waals surface area contributed by atoms with Gasteiger partial charge in [-0.05, 0) is 11.6 Å². The molecule has 0 bridgehead atoms. The van der Waals surface area contributed by atoms with Crippen molar-refractivity contribution < 1.29 is 13.9 Å². The fourth-order valence-corrected chi connectivity index (χ4v) is 2.64. The molecule has 1 aliphatic rings. The molecule has 76 valence electrons. The average molecular weight is 216 g/mol. The van der Waals surface area contributed by atoms with Crippen LogP contribution in [0.25, 0.3) is 0 Å². The van der Waals surface area contributed by atoms with Crippen LogP contribution in [-0.2, 0) is 5.75 Å². The first kappa shape index (κ1) is 9.93. The molecule has 1 heterocycles. The molecule has 1 N–H and O–H groups in total. The van der Waals surface area contributed by atoms with Crippen molar-refractivity contribution >= 4 is 11.8 Å². The number of thioether (sulfide) groups is 1. The van der Waals surface area contributed by atoms with E-state index in [9.17, 15) is 13.9 Å². The maximum Gasteiger partial charge on any atom is 0.163 e. The fourth-order valence-electron chi connectivity index (χ4n) is 1.59. The number of aliphatic hydroxyl groups excluding tert-OH is 1. The highest BCUT2D eigenvalue weighted by molar-refractivity contribution is 7.99. The molecule has 14 heavy (non-hydrogen) atoms. The summed E-state index contributed by atoms with van der Waals surface area (Å²) in [6.45, 7) is 1.87. The lowest BCUT2D eigenvalue weighted by Crippen LogP contribution is -2.19. The van der Waals surface area contributed by atoms with E-state index in [0.29, 0.717) is 16.9 Å². The number of aliphatic hydroxyl groups is 1. The zero-order valence-corrected chi connectivity index (χ0v) is 8.44.